The second-order valence-corrected chi connectivity index (χ2v) is 5.62. The molecule has 1 unspecified atom stereocenters. The molecule has 0 spiro atoms. The maximum absolute atomic E-state index is 9.51. The average Bonchev–Trinajstić information content (AvgIpc) is 2.39. The summed E-state index contributed by atoms with van der Waals surface area (Å²) >= 11 is 0. The van der Waals surface area contributed by atoms with E-state index in [1.54, 1.807) is 0 Å². The minimum absolute atomic E-state index is 0.220. The summed E-state index contributed by atoms with van der Waals surface area (Å²) in [5.41, 5.74) is 0.220. The van der Waals surface area contributed by atoms with Crippen molar-refractivity contribution in [3.05, 3.63) is 12.7 Å². The number of hydrogen-bond donors (Lipinski definition) is 1. The molecule has 2 nitrogen and oxygen atoms in total. The summed E-state index contributed by atoms with van der Waals surface area (Å²) in [6.45, 7) is 11.0. The van der Waals surface area contributed by atoms with Crippen LogP contribution in [0.5, 0.6) is 0 Å². The van der Waals surface area contributed by atoms with E-state index in [4.69, 9.17) is 0 Å². The van der Waals surface area contributed by atoms with Crippen molar-refractivity contribution < 1.29 is 5.11 Å². The summed E-state index contributed by atoms with van der Waals surface area (Å²) in [7, 11) is 0. The van der Waals surface area contributed by atoms with E-state index in [0.29, 0.717) is 12.6 Å². The lowest BCUT2D eigenvalue weighted by Gasteiger charge is -2.42. The molecule has 0 aromatic heterocycles. The highest BCUT2D eigenvalue weighted by Crippen LogP contribution is 2.35. The number of likely N-dealkylation sites (tertiary alicyclic amines) is 1. The molecular weight excluding hydrogens is 210 g/mol. The monoisotopic (exact) mass is 239 g/mol. The minimum Gasteiger partial charge on any atom is -0.396 e. The van der Waals surface area contributed by atoms with Crippen LogP contribution in [0.2, 0.25) is 0 Å². The number of unbranched alkanes of at least 4 members (excludes halogenated alkanes) is 1. The Morgan fingerprint density at radius 3 is 2.53 bits per heavy atom. The molecule has 0 aromatic rings. The molecule has 0 radical (unpaired) electrons. The molecule has 0 bridgehead atoms. The van der Waals surface area contributed by atoms with Gasteiger partial charge in [-0.05, 0) is 64.0 Å². The van der Waals surface area contributed by atoms with Gasteiger partial charge in [0.05, 0.1) is 0 Å². The van der Waals surface area contributed by atoms with Gasteiger partial charge in [0.1, 0.15) is 0 Å². The van der Waals surface area contributed by atoms with E-state index in [1.807, 2.05) is 6.08 Å². The molecule has 17 heavy (non-hydrogen) atoms. The summed E-state index contributed by atoms with van der Waals surface area (Å²) in [5.74, 6) is 0. The van der Waals surface area contributed by atoms with E-state index >= 15 is 0 Å². The van der Waals surface area contributed by atoms with Gasteiger partial charge in [-0.1, -0.05) is 13.0 Å². The van der Waals surface area contributed by atoms with Gasteiger partial charge in [0, 0.05) is 12.6 Å². The molecule has 1 aliphatic rings. The van der Waals surface area contributed by atoms with Gasteiger partial charge in [-0.15, -0.1) is 6.58 Å². The predicted octanol–water partition coefficient (Wildman–Crippen LogP) is 3.22. The number of allylic oxidation sites excluding steroid dienone is 1. The van der Waals surface area contributed by atoms with E-state index in [0.717, 1.165) is 38.8 Å². The summed E-state index contributed by atoms with van der Waals surface area (Å²) < 4.78 is 0. The normalized spacial score (nSPS) is 22.3. The van der Waals surface area contributed by atoms with Crippen molar-refractivity contribution in [2.24, 2.45) is 5.41 Å². The molecule has 1 fully saturated rings. The van der Waals surface area contributed by atoms with Crippen molar-refractivity contribution in [2.75, 3.05) is 19.7 Å². The first-order valence-electron chi connectivity index (χ1n) is 7.13. The van der Waals surface area contributed by atoms with Crippen LogP contribution in [0.3, 0.4) is 0 Å². The summed E-state index contributed by atoms with van der Waals surface area (Å²) in [5, 5.41) is 9.51. The summed E-state index contributed by atoms with van der Waals surface area (Å²) in [6, 6.07) is 0.684. The maximum Gasteiger partial charge on any atom is 0.0488 e. The van der Waals surface area contributed by atoms with Gasteiger partial charge in [0.15, 0.2) is 0 Å². The Kier molecular flexibility index (Phi) is 6.21. The van der Waals surface area contributed by atoms with Gasteiger partial charge < -0.3 is 10.0 Å². The molecule has 100 valence electrons. The van der Waals surface area contributed by atoms with Crippen LogP contribution >= 0.6 is 0 Å². The average molecular weight is 239 g/mol. The van der Waals surface area contributed by atoms with Crippen LogP contribution < -0.4 is 0 Å². The van der Waals surface area contributed by atoms with Crippen LogP contribution in [0.1, 0.15) is 52.4 Å². The lowest BCUT2D eigenvalue weighted by Crippen LogP contribution is -2.45. The second-order valence-electron chi connectivity index (χ2n) is 5.62. The third kappa shape index (κ3) is 4.11. The van der Waals surface area contributed by atoms with Gasteiger partial charge in [0.2, 0.25) is 0 Å². The van der Waals surface area contributed by atoms with E-state index in [1.165, 1.54) is 12.8 Å². The molecular formula is C15H29NO. The van der Waals surface area contributed by atoms with Gasteiger partial charge in [0.25, 0.3) is 0 Å². The lowest BCUT2D eigenvalue weighted by atomic mass is 9.76. The molecule has 1 aliphatic heterocycles. The molecule has 0 aliphatic carbocycles. The van der Waals surface area contributed by atoms with Gasteiger partial charge >= 0.3 is 0 Å². The fourth-order valence-electron chi connectivity index (χ4n) is 2.80. The van der Waals surface area contributed by atoms with Crippen molar-refractivity contribution in [1.82, 2.24) is 4.90 Å². The van der Waals surface area contributed by atoms with Crippen molar-refractivity contribution >= 4 is 0 Å². The number of aliphatic hydroxyl groups excluding tert-OH is 1. The quantitative estimate of drug-likeness (QED) is 0.545. The highest BCUT2D eigenvalue weighted by molar-refractivity contribution is 4.86. The molecule has 1 saturated heterocycles. The Labute approximate surface area is 107 Å². The lowest BCUT2D eigenvalue weighted by molar-refractivity contribution is 0.0258. The Bertz CT molecular complexity index is 213. The van der Waals surface area contributed by atoms with Crippen molar-refractivity contribution in [3.8, 4) is 0 Å². The Morgan fingerprint density at radius 1 is 1.41 bits per heavy atom. The zero-order valence-corrected chi connectivity index (χ0v) is 11.6. The van der Waals surface area contributed by atoms with E-state index in [2.05, 4.69) is 25.3 Å². The van der Waals surface area contributed by atoms with Gasteiger partial charge in [-0.2, -0.15) is 0 Å². The largest absolute Gasteiger partial charge is 0.396 e. The fraction of sp³-hybridized carbons (Fsp3) is 0.867. The summed E-state index contributed by atoms with van der Waals surface area (Å²) in [4.78, 5) is 2.59. The number of nitrogens with zero attached hydrogens (tertiary/aromatic N) is 1. The third-order valence-corrected chi connectivity index (χ3v) is 4.60. The van der Waals surface area contributed by atoms with Crippen LogP contribution in [0, 0.1) is 5.41 Å². The van der Waals surface area contributed by atoms with Crippen molar-refractivity contribution in [3.63, 3.8) is 0 Å². The maximum atomic E-state index is 9.51. The highest BCUT2D eigenvalue weighted by atomic mass is 16.3. The zero-order chi connectivity index (χ0) is 12.7. The van der Waals surface area contributed by atoms with Crippen LogP contribution in [-0.4, -0.2) is 35.7 Å². The first kappa shape index (κ1) is 14.7. The number of rotatable bonds is 7. The Hall–Kier alpha value is -0.340. The van der Waals surface area contributed by atoms with Crippen molar-refractivity contribution in [2.45, 2.75) is 58.4 Å². The summed E-state index contributed by atoms with van der Waals surface area (Å²) in [6.07, 6.45) is 9.09. The molecule has 2 heteroatoms. The molecule has 1 heterocycles. The van der Waals surface area contributed by atoms with Crippen LogP contribution in [0.25, 0.3) is 0 Å². The molecule has 1 N–H and O–H groups in total. The minimum atomic E-state index is 0.220. The Morgan fingerprint density at radius 2 is 2.06 bits per heavy atom. The Balaban J connectivity index is 2.32. The number of aliphatic hydroxyl groups is 1. The topological polar surface area (TPSA) is 23.5 Å². The second kappa shape index (κ2) is 7.17. The first-order valence-corrected chi connectivity index (χ1v) is 7.13. The van der Waals surface area contributed by atoms with Crippen LogP contribution in [0.15, 0.2) is 12.7 Å². The molecule has 0 saturated carbocycles. The van der Waals surface area contributed by atoms with Gasteiger partial charge in [-0.25, -0.2) is 0 Å². The van der Waals surface area contributed by atoms with Crippen LogP contribution in [-0.2, 0) is 0 Å². The van der Waals surface area contributed by atoms with E-state index < -0.39 is 0 Å². The molecule has 1 atom stereocenters. The van der Waals surface area contributed by atoms with Crippen LogP contribution in [0.4, 0.5) is 0 Å². The zero-order valence-electron chi connectivity index (χ0n) is 11.6. The van der Waals surface area contributed by atoms with E-state index in [-0.39, 0.29) is 5.41 Å². The van der Waals surface area contributed by atoms with Gasteiger partial charge in [-0.3, -0.25) is 0 Å². The first-order chi connectivity index (χ1) is 8.17. The SMILES string of the molecule is C=CCCCC(C)N1CCC(CC)(CO)CC1. The standard InChI is InChI=1S/C15H29NO/c1-4-6-7-8-14(3)16-11-9-15(5-2,13-17)10-12-16/h4,14,17H,1,5-13H2,2-3H3. The number of hydrogen-bond acceptors (Lipinski definition) is 2. The van der Waals surface area contributed by atoms with E-state index in [9.17, 15) is 5.11 Å². The number of piperidine rings is 1. The predicted molar refractivity (Wildman–Crippen MR) is 74.1 cm³/mol. The third-order valence-electron chi connectivity index (χ3n) is 4.60. The highest BCUT2D eigenvalue weighted by Gasteiger charge is 2.33. The molecule has 0 amide bonds. The molecule has 0 aromatic carbocycles. The van der Waals surface area contributed by atoms with Crippen molar-refractivity contribution in [1.29, 1.82) is 0 Å². The smallest absolute Gasteiger partial charge is 0.0488 e. The fourth-order valence-corrected chi connectivity index (χ4v) is 2.80. The molecule has 1 rings (SSSR count).